The third-order valence-corrected chi connectivity index (χ3v) is 4.04. The van der Waals surface area contributed by atoms with Crippen LogP contribution < -0.4 is 0 Å². The van der Waals surface area contributed by atoms with E-state index in [9.17, 15) is 9.90 Å². The zero-order valence-corrected chi connectivity index (χ0v) is 11.4. The summed E-state index contributed by atoms with van der Waals surface area (Å²) < 4.78 is 22.4. The first kappa shape index (κ1) is 13.3. The van der Waals surface area contributed by atoms with Gasteiger partial charge in [-0.15, -0.1) is 0 Å². The van der Waals surface area contributed by atoms with E-state index >= 15 is 0 Å². The number of carbonyl (C=O) groups excluding carboxylic acids is 1. The summed E-state index contributed by atoms with van der Waals surface area (Å²) in [6, 6.07) is 0. The van der Waals surface area contributed by atoms with E-state index in [1.165, 1.54) is 6.92 Å². The van der Waals surface area contributed by atoms with Crippen molar-refractivity contribution in [2.45, 2.75) is 76.0 Å². The summed E-state index contributed by atoms with van der Waals surface area (Å²) >= 11 is 0. The van der Waals surface area contributed by atoms with Crippen molar-refractivity contribution in [2.75, 3.05) is 0 Å². The van der Waals surface area contributed by atoms with Crippen LogP contribution in [0.15, 0.2) is 0 Å². The Balaban J connectivity index is 1.82. The normalized spacial score (nSPS) is 47.6. The van der Waals surface area contributed by atoms with Gasteiger partial charge in [0.15, 0.2) is 12.1 Å². The maximum Gasteiger partial charge on any atom is 0.302 e. The van der Waals surface area contributed by atoms with Crippen molar-refractivity contribution < 1.29 is 28.8 Å². The minimum atomic E-state index is -1.14. The largest absolute Gasteiger partial charge is 0.460 e. The first-order chi connectivity index (χ1) is 8.82. The molecule has 0 aromatic carbocycles. The molecule has 5 atom stereocenters. The molecule has 3 aliphatic rings. The molecule has 0 bridgehead atoms. The number of hydrogen-bond donors (Lipinski definition) is 1. The van der Waals surface area contributed by atoms with E-state index in [1.807, 2.05) is 0 Å². The van der Waals surface area contributed by atoms with Crippen LogP contribution in [0.4, 0.5) is 0 Å². The van der Waals surface area contributed by atoms with E-state index in [2.05, 4.69) is 0 Å². The summed E-state index contributed by atoms with van der Waals surface area (Å²) in [7, 11) is 0. The summed E-state index contributed by atoms with van der Waals surface area (Å²) in [6.07, 6.45) is -0.104. The number of aliphatic hydroxyl groups is 1. The predicted octanol–water partition coefficient (Wildman–Crippen LogP) is 0.709. The highest BCUT2D eigenvalue weighted by Gasteiger charge is 2.66. The van der Waals surface area contributed by atoms with E-state index in [-0.39, 0.29) is 5.97 Å². The lowest BCUT2D eigenvalue weighted by atomic mass is 9.78. The molecule has 2 aliphatic heterocycles. The molecule has 108 valence electrons. The van der Waals surface area contributed by atoms with Gasteiger partial charge in [-0.25, -0.2) is 0 Å². The van der Waals surface area contributed by atoms with E-state index < -0.39 is 36.0 Å². The second-order valence-corrected chi connectivity index (χ2v) is 6.01. The molecule has 0 aromatic rings. The van der Waals surface area contributed by atoms with Gasteiger partial charge in [-0.2, -0.15) is 0 Å². The molecule has 1 unspecified atom stereocenters. The smallest absolute Gasteiger partial charge is 0.302 e. The highest BCUT2D eigenvalue weighted by atomic mass is 16.8. The van der Waals surface area contributed by atoms with Gasteiger partial charge in [0.2, 0.25) is 0 Å². The lowest BCUT2D eigenvalue weighted by Gasteiger charge is -2.40. The fourth-order valence-electron chi connectivity index (χ4n) is 3.36. The maximum atomic E-state index is 11.1. The number of hydrogen-bond acceptors (Lipinski definition) is 6. The lowest BCUT2D eigenvalue weighted by molar-refractivity contribution is -0.251. The van der Waals surface area contributed by atoms with Gasteiger partial charge in [-0.3, -0.25) is 4.79 Å². The van der Waals surface area contributed by atoms with Crippen LogP contribution in [-0.4, -0.2) is 47.1 Å². The fraction of sp³-hybridized carbons (Fsp3) is 0.923. The van der Waals surface area contributed by atoms with Crippen LogP contribution in [-0.2, 0) is 23.7 Å². The molecule has 3 fully saturated rings. The molecule has 0 amide bonds. The first-order valence-electron chi connectivity index (χ1n) is 6.72. The summed E-state index contributed by atoms with van der Waals surface area (Å²) in [5, 5.41) is 10.9. The Hall–Kier alpha value is -0.690. The number of rotatable bonds is 1. The van der Waals surface area contributed by atoms with Crippen molar-refractivity contribution in [1.82, 2.24) is 0 Å². The van der Waals surface area contributed by atoms with Crippen molar-refractivity contribution in [2.24, 2.45) is 0 Å². The van der Waals surface area contributed by atoms with E-state index in [4.69, 9.17) is 18.9 Å². The highest BCUT2D eigenvalue weighted by molar-refractivity contribution is 5.66. The van der Waals surface area contributed by atoms with Crippen molar-refractivity contribution in [3.8, 4) is 0 Å². The average Bonchev–Trinajstić information content (AvgIpc) is 2.70. The number of fused-ring (bicyclic) bond motifs is 3. The SMILES string of the molecule is CC(=O)OC1CCC[C@@]2(O)[C@@H]1O[C@@H]1OC(C)(C)O[C@@H]12. The topological polar surface area (TPSA) is 74.2 Å². The Morgan fingerprint density at radius 1 is 1.32 bits per heavy atom. The Labute approximate surface area is 112 Å². The fourth-order valence-corrected chi connectivity index (χ4v) is 3.36. The monoisotopic (exact) mass is 272 g/mol. The molecule has 1 aliphatic carbocycles. The number of esters is 1. The van der Waals surface area contributed by atoms with Gasteiger partial charge in [0, 0.05) is 6.92 Å². The Bertz CT molecular complexity index is 395. The van der Waals surface area contributed by atoms with Crippen molar-refractivity contribution in [1.29, 1.82) is 0 Å². The van der Waals surface area contributed by atoms with Crippen LogP contribution in [0.5, 0.6) is 0 Å². The molecule has 3 rings (SSSR count). The van der Waals surface area contributed by atoms with E-state index in [1.54, 1.807) is 13.8 Å². The summed E-state index contributed by atoms with van der Waals surface area (Å²) in [5.74, 6) is -1.12. The predicted molar refractivity (Wildman–Crippen MR) is 63.1 cm³/mol. The van der Waals surface area contributed by atoms with Gasteiger partial charge in [0.05, 0.1) is 0 Å². The highest BCUT2D eigenvalue weighted by Crippen LogP contribution is 2.49. The molecule has 6 heteroatoms. The molecule has 2 saturated heterocycles. The van der Waals surface area contributed by atoms with Crippen LogP contribution >= 0.6 is 0 Å². The first-order valence-corrected chi connectivity index (χ1v) is 6.72. The third-order valence-electron chi connectivity index (χ3n) is 4.04. The minimum absolute atomic E-state index is 0.364. The summed E-state index contributed by atoms with van der Waals surface area (Å²) in [4.78, 5) is 11.1. The van der Waals surface area contributed by atoms with Crippen molar-refractivity contribution in [3.05, 3.63) is 0 Å². The van der Waals surface area contributed by atoms with Crippen LogP contribution in [0.3, 0.4) is 0 Å². The molecule has 0 spiro atoms. The molecule has 0 radical (unpaired) electrons. The van der Waals surface area contributed by atoms with E-state index in [0.717, 1.165) is 6.42 Å². The number of carbonyl (C=O) groups is 1. The van der Waals surface area contributed by atoms with Gasteiger partial charge in [-0.1, -0.05) is 0 Å². The minimum Gasteiger partial charge on any atom is -0.460 e. The maximum absolute atomic E-state index is 11.1. The van der Waals surface area contributed by atoms with Crippen LogP contribution in [0.1, 0.15) is 40.0 Å². The molecular weight excluding hydrogens is 252 g/mol. The Morgan fingerprint density at radius 2 is 2.05 bits per heavy atom. The van der Waals surface area contributed by atoms with Gasteiger partial charge in [-0.05, 0) is 33.1 Å². The van der Waals surface area contributed by atoms with E-state index in [0.29, 0.717) is 12.8 Å². The average molecular weight is 272 g/mol. The van der Waals surface area contributed by atoms with Crippen molar-refractivity contribution in [3.63, 3.8) is 0 Å². The van der Waals surface area contributed by atoms with Gasteiger partial charge in [0.25, 0.3) is 0 Å². The van der Waals surface area contributed by atoms with Crippen LogP contribution in [0, 0.1) is 0 Å². The second-order valence-electron chi connectivity index (χ2n) is 6.01. The molecule has 19 heavy (non-hydrogen) atoms. The van der Waals surface area contributed by atoms with Crippen LogP contribution in [0.2, 0.25) is 0 Å². The molecule has 0 aromatic heterocycles. The molecule has 2 heterocycles. The zero-order valence-electron chi connectivity index (χ0n) is 11.4. The van der Waals surface area contributed by atoms with Gasteiger partial charge < -0.3 is 24.1 Å². The Morgan fingerprint density at radius 3 is 2.74 bits per heavy atom. The molecule has 6 nitrogen and oxygen atoms in total. The van der Waals surface area contributed by atoms with Gasteiger partial charge in [0.1, 0.15) is 23.9 Å². The number of ether oxygens (including phenoxy) is 4. The molecule has 1 saturated carbocycles. The quantitative estimate of drug-likeness (QED) is 0.709. The summed E-state index contributed by atoms with van der Waals surface area (Å²) in [6.45, 7) is 4.94. The second kappa shape index (κ2) is 4.15. The van der Waals surface area contributed by atoms with Crippen LogP contribution in [0.25, 0.3) is 0 Å². The molecular formula is C13H20O6. The Kier molecular flexibility index (Phi) is 2.91. The third kappa shape index (κ3) is 2.07. The van der Waals surface area contributed by atoms with Gasteiger partial charge >= 0.3 is 5.97 Å². The summed E-state index contributed by atoms with van der Waals surface area (Å²) in [5.41, 5.74) is -1.14. The standard InChI is InChI=1S/C13H20O6/c1-7(14)16-8-5-4-6-13(15)9(8)17-11-10(13)18-12(2,3)19-11/h8-11,15H,4-6H2,1-3H3/t8?,9-,10+,11-,13-/m1/s1. The zero-order chi connectivity index (χ0) is 13.8. The molecule has 1 N–H and O–H groups in total. The lowest BCUT2D eigenvalue weighted by Crippen LogP contribution is -2.56. The van der Waals surface area contributed by atoms with Crippen molar-refractivity contribution >= 4 is 5.97 Å².